The molecule has 1 atom stereocenters. The van der Waals surface area contributed by atoms with E-state index in [0.29, 0.717) is 9.54 Å². The molecule has 0 spiro atoms. The molecule has 0 aliphatic heterocycles. The molecule has 2 aliphatic carbocycles. The van der Waals surface area contributed by atoms with E-state index in [0.717, 1.165) is 0 Å². The van der Waals surface area contributed by atoms with Crippen LogP contribution in [0.25, 0.3) is 11.1 Å². The van der Waals surface area contributed by atoms with Gasteiger partial charge in [-0.25, -0.2) is 0 Å². The largest absolute Gasteiger partial charge is 1.00 e. The molecule has 0 aromatic heterocycles. The normalized spacial score (nSPS) is 17.1. The van der Waals surface area contributed by atoms with Crippen LogP contribution in [0.15, 0.2) is 86.9 Å². The molecule has 0 saturated heterocycles. The first-order valence-corrected chi connectivity index (χ1v) is 22.9. The Morgan fingerprint density at radius 2 is 1.19 bits per heavy atom. The summed E-state index contributed by atoms with van der Waals surface area (Å²) in [5.41, 5.74) is 12.4. The maximum absolute atomic E-state index is 2.66. The molecule has 3 aromatic carbocycles. The number of hydrogen-bond donors (Lipinski definition) is 0. The van der Waals surface area contributed by atoms with Crippen molar-refractivity contribution in [1.82, 2.24) is 0 Å². The van der Waals surface area contributed by atoms with E-state index in [-0.39, 0.29) is 35.6 Å². The van der Waals surface area contributed by atoms with E-state index >= 15 is 0 Å². The van der Waals surface area contributed by atoms with Gasteiger partial charge < -0.3 is 24.8 Å². The summed E-state index contributed by atoms with van der Waals surface area (Å²) in [6, 6.07) is 26.4. The Morgan fingerprint density at radius 3 is 1.58 bits per heavy atom. The van der Waals surface area contributed by atoms with Gasteiger partial charge in [-0.05, 0) is 0 Å². The first-order chi connectivity index (χ1) is 19.0. The van der Waals surface area contributed by atoms with Crippen LogP contribution in [-0.4, -0.2) is 11.3 Å². The van der Waals surface area contributed by atoms with Gasteiger partial charge in [0.1, 0.15) is 0 Å². The second-order valence-electron chi connectivity index (χ2n) is 15.6. The minimum absolute atomic E-state index is 0. The molecule has 0 saturated carbocycles. The van der Waals surface area contributed by atoms with Crippen molar-refractivity contribution in [2.24, 2.45) is 5.92 Å². The van der Waals surface area contributed by atoms with Gasteiger partial charge in [-0.15, -0.1) is 0 Å². The summed E-state index contributed by atoms with van der Waals surface area (Å²) in [4.78, 5) is 0. The number of fused-ring (bicyclic) bond motifs is 3. The summed E-state index contributed by atoms with van der Waals surface area (Å²) in [7, 11) is -1.45. The zero-order valence-corrected chi connectivity index (χ0v) is 33.3. The molecule has 0 radical (unpaired) electrons. The molecule has 0 fully saturated rings. The summed E-state index contributed by atoms with van der Waals surface area (Å²) < 4.78 is 4.00. The average molecular weight is 709 g/mol. The molecule has 0 bridgehead atoms. The van der Waals surface area contributed by atoms with Gasteiger partial charge in [-0.1, -0.05) is 0 Å². The van der Waals surface area contributed by atoms with E-state index in [9.17, 15) is 0 Å². The first-order valence-electron chi connectivity index (χ1n) is 15.5. The van der Waals surface area contributed by atoms with E-state index in [1.54, 1.807) is 25.1 Å². The van der Waals surface area contributed by atoms with Crippen LogP contribution < -0.4 is 24.8 Å². The minimum Gasteiger partial charge on any atom is -1.00 e. The van der Waals surface area contributed by atoms with Crippen molar-refractivity contribution in [3.05, 3.63) is 115 Å². The number of allylic oxidation sites excluding steroid dienone is 4. The number of hydrogen-bond acceptors (Lipinski definition) is 0. The van der Waals surface area contributed by atoms with Crippen LogP contribution >= 0.6 is 0 Å². The molecule has 3 aromatic rings. The molecular formula is C39H50Cl2SiZr. The van der Waals surface area contributed by atoms with Crippen LogP contribution in [0.1, 0.15) is 93.8 Å². The van der Waals surface area contributed by atoms with Crippen molar-refractivity contribution in [2.75, 3.05) is 0 Å². The van der Waals surface area contributed by atoms with E-state index < -0.39 is 29.3 Å². The summed E-state index contributed by atoms with van der Waals surface area (Å²) >= 11 is -2.55. The second kappa shape index (κ2) is 12.8. The Bertz CT molecular complexity index is 1540. The van der Waals surface area contributed by atoms with Crippen LogP contribution in [0.4, 0.5) is 0 Å². The van der Waals surface area contributed by atoms with Gasteiger partial charge in [0.15, 0.2) is 0 Å². The summed E-state index contributed by atoms with van der Waals surface area (Å²) in [6.45, 7) is 29.1. The summed E-state index contributed by atoms with van der Waals surface area (Å²) in [5.74, 6) is 0.528. The third-order valence-corrected chi connectivity index (χ3v) is 20.7. The van der Waals surface area contributed by atoms with E-state index in [4.69, 9.17) is 0 Å². The van der Waals surface area contributed by atoms with Crippen molar-refractivity contribution < 1.29 is 46.1 Å². The molecule has 0 N–H and O–H groups in total. The standard InChI is InChI=1S/C21H25.C10H17Si.C8H8.2ClH.Zr/c1-20(2,3)16-9-7-14-11-15-8-10-17(21(4,5)6)13-19(15)18(14)12-16;1-8-6-9(2)10(7-8)11(3,4)5;1-2-8-6-4-3-5-7-8;;;/h7-13H,1-6H3;7-8H,1-5H3;3-7H,1H3;2*1H;/q;;;;;+2/p-2. The third kappa shape index (κ3) is 6.79. The van der Waals surface area contributed by atoms with Crippen molar-refractivity contribution in [3.63, 3.8) is 0 Å². The number of benzene rings is 3. The smallest absolute Gasteiger partial charge is 1.00 e. The Labute approximate surface area is 283 Å². The Balaban J connectivity index is 0.00000253. The van der Waals surface area contributed by atoms with Crippen molar-refractivity contribution in [3.8, 4) is 11.1 Å². The molecule has 4 heteroatoms. The van der Waals surface area contributed by atoms with Crippen LogP contribution in [0.2, 0.25) is 19.6 Å². The molecule has 5 rings (SSSR count). The summed E-state index contributed by atoms with van der Waals surface area (Å²) in [6.07, 6.45) is 2.66. The van der Waals surface area contributed by atoms with Gasteiger partial charge in [0.05, 0.1) is 0 Å². The van der Waals surface area contributed by atoms with Gasteiger partial charge in [0, 0.05) is 0 Å². The molecule has 0 nitrogen and oxygen atoms in total. The SMILES string of the molecule is CC1=[C](/[Zr+2](=[C](\C)c2ccccc2)[CH]2c3ccc(C(C)(C)C)cc3-c3cc(C(C)(C)C)ccc32)C(C)C=C1[Si](C)(C)C.[Cl-].[Cl-]. The van der Waals surface area contributed by atoms with Crippen molar-refractivity contribution in [1.29, 1.82) is 0 Å². The van der Waals surface area contributed by atoms with Gasteiger partial charge in [-0.3, -0.25) is 0 Å². The van der Waals surface area contributed by atoms with Crippen LogP contribution in [0.5, 0.6) is 0 Å². The first kappa shape index (κ1) is 36.2. The Kier molecular flexibility index (Phi) is 10.8. The number of halogens is 2. The average Bonchev–Trinajstić information content (AvgIpc) is 3.37. The molecule has 43 heavy (non-hydrogen) atoms. The van der Waals surface area contributed by atoms with Crippen molar-refractivity contribution in [2.45, 2.75) is 96.4 Å². The topological polar surface area (TPSA) is 0 Å². The maximum atomic E-state index is 2.66. The Hall–Kier alpha value is -1.31. The molecule has 0 amide bonds. The van der Waals surface area contributed by atoms with E-state index in [1.165, 1.54) is 27.8 Å². The van der Waals surface area contributed by atoms with Gasteiger partial charge in [0.2, 0.25) is 0 Å². The molecule has 2 aliphatic rings. The second-order valence-corrected chi connectivity index (χ2v) is 27.3. The Morgan fingerprint density at radius 1 is 0.721 bits per heavy atom. The van der Waals surface area contributed by atoms with Gasteiger partial charge in [0.25, 0.3) is 0 Å². The van der Waals surface area contributed by atoms with E-state index in [1.807, 2.05) is 3.28 Å². The fourth-order valence-electron chi connectivity index (χ4n) is 7.12. The van der Waals surface area contributed by atoms with Crippen LogP contribution in [0, 0.1) is 5.92 Å². The molecule has 1 unspecified atom stereocenters. The van der Waals surface area contributed by atoms with Gasteiger partial charge in [-0.2, -0.15) is 0 Å². The minimum atomic E-state index is -2.55. The van der Waals surface area contributed by atoms with Crippen LogP contribution in [0.3, 0.4) is 0 Å². The fraction of sp³-hybridized carbons (Fsp3) is 0.410. The monoisotopic (exact) mass is 706 g/mol. The maximum Gasteiger partial charge on any atom is -1.00 e. The fourth-order valence-corrected chi connectivity index (χ4v) is 18.9. The third-order valence-electron chi connectivity index (χ3n) is 9.43. The predicted octanol–water partition coefficient (Wildman–Crippen LogP) is 4.95. The van der Waals surface area contributed by atoms with E-state index in [2.05, 4.69) is 155 Å². The molecular weight excluding hydrogens is 659 g/mol. The van der Waals surface area contributed by atoms with Crippen molar-refractivity contribution >= 4 is 11.3 Å². The number of rotatable bonds is 4. The van der Waals surface area contributed by atoms with Gasteiger partial charge >= 0.3 is 261 Å². The summed E-state index contributed by atoms with van der Waals surface area (Å²) in [5, 5.41) is 1.70. The van der Waals surface area contributed by atoms with Crippen LogP contribution in [-0.2, 0) is 32.1 Å². The predicted molar refractivity (Wildman–Crippen MR) is 181 cm³/mol. The zero-order chi connectivity index (χ0) is 30.1. The molecule has 0 heterocycles. The molecule has 228 valence electrons. The zero-order valence-electron chi connectivity index (χ0n) is 28.3. The quantitative estimate of drug-likeness (QED) is 0.337.